The second-order valence-electron chi connectivity index (χ2n) is 12.4. The number of hydrogen-bond donors (Lipinski definition) is 2. The van der Waals surface area contributed by atoms with Crippen LogP contribution < -0.4 is 20.4 Å². The maximum Gasteiger partial charge on any atom is 0.230 e. The van der Waals surface area contributed by atoms with E-state index < -0.39 is 0 Å². The van der Waals surface area contributed by atoms with Crippen molar-refractivity contribution in [3.05, 3.63) is 69.7 Å². The van der Waals surface area contributed by atoms with Crippen molar-refractivity contribution in [3.8, 4) is 0 Å². The lowest BCUT2D eigenvalue weighted by Crippen LogP contribution is -2.36. The third kappa shape index (κ3) is 8.35. The van der Waals surface area contributed by atoms with Gasteiger partial charge in [-0.3, -0.25) is 9.59 Å². The van der Waals surface area contributed by atoms with Crippen LogP contribution in [0.4, 0.5) is 21.6 Å². The lowest BCUT2D eigenvalue weighted by atomic mass is 9.82. The molecule has 14 heteroatoms. The predicted molar refractivity (Wildman–Crippen MR) is 187 cm³/mol. The summed E-state index contributed by atoms with van der Waals surface area (Å²) in [5, 5.41) is 26.3. The molecule has 3 aliphatic rings. The summed E-state index contributed by atoms with van der Waals surface area (Å²) in [5.74, 6) is 0.266. The van der Waals surface area contributed by atoms with E-state index in [9.17, 15) is 9.59 Å². The number of rotatable bonds is 10. The molecule has 3 fully saturated rings. The van der Waals surface area contributed by atoms with Crippen LogP contribution in [-0.2, 0) is 31.9 Å². The summed E-state index contributed by atoms with van der Waals surface area (Å²) in [7, 11) is 0. The van der Waals surface area contributed by atoms with E-state index in [0.717, 1.165) is 111 Å². The van der Waals surface area contributed by atoms with Crippen LogP contribution in [0.1, 0.15) is 58.7 Å². The number of nitrogens with zero attached hydrogens (tertiary/aromatic N) is 6. The van der Waals surface area contributed by atoms with E-state index in [2.05, 4.69) is 65.1 Å². The van der Waals surface area contributed by atoms with Gasteiger partial charge in [0.25, 0.3) is 0 Å². The van der Waals surface area contributed by atoms with Gasteiger partial charge in [0.15, 0.2) is 0 Å². The van der Waals surface area contributed by atoms with Gasteiger partial charge in [0.2, 0.25) is 22.1 Å². The number of carbonyl (C=O) groups excluding carboxylic acids is 2. The van der Waals surface area contributed by atoms with Gasteiger partial charge >= 0.3 is 0 Å². The van der Waals surface area contributed by atoms with E-state index in [0.29, 0.717) is 10.3 Å². The van der Waals surface area contributed by atoms with Crippen molar-refractivity contribution >= 4 is 56.1 Å². The summed E-state index contributed by atoms with van der Waals surface area (Å²) in [5.41, 5.74) is 4.21. The maximum absolute atomic E-state index is 12.8. The SMILES string of the molecule is O=C(Cc1ccc(N2CCOCC2)cc1)Nc1nnc(C2CCC[C@H](c3nnc(NC(=O)Cc4ccc(N5CCOCC5)cc4)s3)C2)s1. The van der Waals surface area contributed by atoms with E-state index in [4.69, 9.17) is 9.47 Å². The predicted octanol–water partition coefficient (Wildman–Crippen LogP) is 4.87. The van der Waals surface area contributed by atoms with Crippen molar-refractivity contribution in [1.82, 2.24) is 20.4 Å². The second-order valence-corrected chi connectivity index (χ2v) is 14.5. The highest BCUT2D eigenvalue weighted by Gasteiger charge is 2.29. The smallest absolute Gasteiger partial charge is 0.230 e. The number of benzene rings is 2. The van der Waals surface area contributed by atoms with Crippen molar-refractivity contribution in [3.63, 3.8) is 0 Å². The van der Waals surface area contributed by atoms with Gasteiger partial charge in [0, 0.05) is 49.4 Å². The summed E-state index contributed by atoms with van der Waals surface area (Å²) in [6.45, 7) is 6.50. The van der Waals surface area contributed by atoms with Gasteiger partial charge in [0.1, 0.15) is 10.0 Å². The van der Waals surface area contributed by atoms with Crippen LogP contribution in [0.3, 0.4) is 0 Å². The molecule has 2 saturated heterocycles. The molecular formula is C34H40N8O4S2. The number of ether oxygens (including phenoxy) is 2. The van der Waals surface area contributed by atoms with Crippen LogP contribution in [0.5, 0.6) is 0 Å². The van der Waals surface area contributed by atoms with Crippen LogP contribution >= 0.6 is 22.7 Å². The zero-order valence-corrected chi connectivity index (χ0v) is 28.4. The molecule has 2 aromatic heterocycles. The number of amides is 2. The quantitative estimate of drug-likeness (QED) is 0.238. The molecule has 1 aliphatic carbocycles. The number of morpholine rings is 2. The molecule has 1 saturated carbocycles. The first kappa shape index (κ1) is 32.6. The van der Waals surface area contributed by atoms with Gasteiger partial charge in [-0.05, 0) is 54.7 Å². The Kier molecular flexibility index (Phi) is 10.5. The lowest BCUT2D eigenvalue weighted by Gasteiger charge is -2.28. The maximum atomic E-state index is 12.8. The third-order valence-corrected chi connectivity index (χ3v) is 11.1. The molecular weight excluding hydrogens is 649 g/mol. The van der Waals surface area contributed by atoms with Crippen LogP contribution in [-0.4, -0.2) is 84.8 Å². The molecule has 4 aromatic rings. The van der Waals surface area contributed by atoms with E-state index >= 15 is 0 Å². The number of aromatic nitrogens is 4. The molecule has 1 unspecified atom stereocenters. The van der Waals surface area contributed by atoms with Gasteiger partial charge < -0.3 is 29.9 Å². The van der Waals surface area contributed by atoms with Crippen molar-refractivity contribution in [2.45, 2.75) is 50.4 Å². The Morgan fingerprint density at radius 3 is 1.48 bits per heavy atom. The average molecular weight is 689 g/mol. The van der Waals surface area contributed by atoms with Crippen LogP contribution in [0.2, 0.25) is 0 Å². The minimum absolute atomic E-state index is 0.105. The largest absolute Gasteiger partial charge is 0.378 e. The molecule has 2 amide bonds. The molecule has 0 spiro atoms. The van der Waals surface area contributed by atoms with E-state index in [1.54, 1.807) is 0 Å². The fourth-order valence-electron chi connectivity index (χ4n) is 6.53. The van der Waals surface area contributed by atoms with E-state index in [1.165, 1.54) is 22.7 Å². The van der Waals surface area contributed by atoms with Crippen molar-refractivity contribution < 1.29 is 19.1 Å². The molecule has 12 nitrogen and oxygen atoms in total. The first-order valence-corrected chi connectivity index (χ1v) is 18.3. The molecule has 2 aromatic carbocycles. The van der Waals surface area contributed by atoms with Crippen LogP contribution in [0.15, 0.2) is 48.5 Å². The highest BCUT2D eigenvalue weighted by Crippen LogP contribution is 2.43. The van der Waals surface area contributed by atoms with Crippen molar-refractivity contribution in [2.24, 2.45) is 0 Å². The summed E-state index contributed by atoms with van der Waals surface area (Å²) in [4.78, 5) is 30.2. The highest BCUT2D eigenvalue weighted by atomic mass is 32.1. The molecule has 4 heterocycles. The van der Waals surface area contributed by atoms with Crippen molar-refractivity contribution in [2.75, 3.05) is 73.0 Å². The van der Waals surface area contributed by atoms with Gasteiger partial charge in [-0.25, -0.2) is 0 Å². The first-order valence-electron chi connectivity index (χ1n) is 16.7. The first-order chi connectivity index (χ1) is 23.6. The summed E-state index contributed by atoms with van der Waals surface area (Å²) in [6, 6.07) is 16.3. The molecule has 2 N–H and O–H groups in total. The summed E-state index contributed by atoms with van der Waals surface area (Å²) >= 11 is 2.90. The zero-order valence-electron chi connectivity index (χ0n) is 26.8. The third-order valence-electron chi connectivity index (χ3n) is 9.10. The molecule has 2 atom stereocenters. The van der Waals surface area contributed by atoms with E-state index in [1.807, 2.05) is 24.3 Å². The Balaban J connectivity index is 0.880. The lowest BCUT2D eigenvalue weighted by molar-refractivity contribution is -0.116. The molecule has 0 bridgehead atoms. The van der Waals surface area contributed by atoms with Crippen molar-refractivity contribution in [1.29, 1.82) is 0 Å². The molecule has 252 valence electrons. The number of carbonyl (C=O) groups is 2. The highest BCUT2D eigenvalue weighted by molar-refractivity contribution is 7.15. The van der Waals surface area contributed by atoms with Gasteiger partial charge in [0.05, 0.1) is 39.3 Å². The number of anilines is 4. The Labute approximate surface area is 287 Å². The Morgan fingerprint density at radius 1 is 0.646 bits per heavy atom. The van der Waals surface area contributed by atoms with Crippen LogP contribution in [0, 0.1) is 0 Å². The minimum Gasteiger partial charge on any atom is -0.378 e. The molecule has 48 heavy (non-hydrogen) atoms. The summed E-state index contributed by atoms with van der Waals surface area (Å²) in [6.07, 6.45) is 4.51. The molecule has 2 aliphatic heterocycles. The molecule has 0 radical (unpaired) electrons. The normalized spacial score (nSPS) is 20.0. The summed E-state index contributed by atoms with van der Waals surface area (Å²) < 4.78 is 10.9. The second kappa shape index (κ2) is 15.5. The fraction of sp³-hybridized carbons (Fsp3) is 0.471. The zero-order chi connectivity index (χ0) is 32.7. The van der Waals surface area contributed by atoms with Crippen LogP contribution in [0.25, 0.3) is 0 Å². The minimum atomic E-state index is -0.105. The van der Waals surface area contributed by atoms with Gasteiger partial charge in [-0.2, -0.15) is 0 Å². The van der Waals surface area contributed by atoms with Gasteiger partial charge in [-0.15, -0.1) is 20.4 Å². The van der Waals surface area contributed by atoms with Gasteiger partial charge in [-0.1, -0.05) is 53.4 Å². The molecule has 7 rings (SSSR count). The topological polar surface area (TPSA) is 135 Å². The Hall–Kier alpha value is -3.98. The standard InChI is InChI=1S/C34H40N8O4S2/c43-29(20-23-4-8-27(9-5-23)41-12-16-45-17-13-41)35-33-39-37-31(47-33)25-2-1-3-26(22-25)32-38-40-34(48-32)36-30(44)21-24-6-10-28(11-7-24)42-14-18-46-19-15-42/h4-11,25-26H,1-3,12-22H2,(H,35,39,43)(H,36,40,44)/t25-,26?/m0/s1. The monoisotopic (exact) mass is 688 g/mol. The average Bonchev–Trinajstić information content (AvgIpc) is 3.80. The van der Waals surface area contributed by atoms with E-state index in [-0.39, 0.29) is 36.5 Å². The Morgan fingerprint density at radius 2 is 1.06 bits per heavy atom. The number of hydrogen-bond acceptors (Lipinski definition) is 12. The Bertz CT molecular complexity index is 1550. The fourth-order valence-corrected chi connectivity index (χ4v) is 8.34. The number of nitrogens with one attached hydrogen (secondary N) is 2.